The van der Waals surface area contributed by atoms with Gasteiger partial charge in [-0.3, -0.25) is 0 Å². The Kier molecular flexibility index (Phi) is 9.15. The second kappa shape index (κ2) is 11.4. The summed E-state index contributed by atoms with van der Waals surface area (Å²) < 4.78 is 36.6. The van der Waals surface area contributed by atoms with E-state index in [0.29, 0.717) is 17.5 Å². The summed E-state index contributed by atoms with van der Waals surface area (Å²) in [6.07, 6.45) is 7.61. The van der Waals surface area contributed by atoms with Crippen LogP contribution in [0.5, 0.6) is 0 Å². The minimum atomic E-state index is -3.48. The maximum absolute atomic E-state index is 12.7. The first-order chi connectivity index (χ1) is 14.7. The highest BCUT2D eigenvalue weighted by molar-refractivity contribution is 7.93. The van der Waals surface area contributed by atoms with E-state index >= 15 is 0 Å². The van der Waals surface area contributed by atoms with E-state index in [2.05, 4.69) is 4.98 Å². The molecular formula is C23H29NO5S2. The van der Waals surface area contributed by atoms with Crippen molar-refractivity contribution in [1.82, 2.24) is 4.98 Å². The second-order valence-electron chi connectivity index (χ2n) is 7.30. The lowest BCUT2D eigenvalue weighted by molar-refractivity contribution is -0.136. The molecule has 31 heavy (non-hydrogen) atoms. The lowest BCUT2D eigenvalue weighted by Crippen LogP contribution is -2.15. The van der Waals surface area contributed by atoms with Gasteiger partial charge in [0.05, 0.1) is 29.2 Å². The molecular weight excluding hydrogens is 434 g/mol. The number of hydrogen-bond acceptors (Lipinski definition) is 7. The lowest BCUT2D eigenvalue weighted by atomic mass is 10.1. The highest BCUT2D eigenvalue weighted by Gasteiger charge is 2.21. The minimum absolute atomic E-state index is 0.0443. The van der Waals surface area contributed by atoms with Crippen LogP contribution in [-0.2, 0) is 24.1 Å². The summed E-state index contributed by atoms with van der Waals surface area (Å²) >= 11 is 1.19. The van der Waals surface area contributed by atoms with Crippen molar-refractivity contribution in [2.24, 2.45) is 5.92 Å². The maximum atomic E-state index is 12.7. The Balaban J connectivity index is 2.01. The smallest absolute Gasteiger partial charge is 0.333 e. The molecule has 0 fully saturated rings. The summed E-state index contributed by atoms with van der Waals surface area (Å²) in [5.41, 5.74) is 2.19. The standard InChI is InChI=1S/C23H29NO5S2/c1-16(14-18(3)22(25)29-5)10-11-17(2)15-19(28-4)12-13-31(26,27)23-24-20-8-6-7-9-21(20)30-23/h6-11,14-16,19H,12-13H2,1-5H3/b11-10+,17-15+,18-14+/t16-,19+/m1/s1. The van der Waals surface area contributed by atoms with Gasteiger partial charge in [0.2, 0.25) is 14.2 Å². The molecule has 6 nitrogen and oxygen atoms in total. The summed E-state index contributed by atoms with van der Waals surface area (Å²) in [4.78, 5) is 15.7. The summed E-state index contributed by atoms with van der Waals surface area (Å²) in [6.45, 7) is 5.61. The number of benzene rings is 1. The topological polar surface area (TPSA) is 82.6 Å². The molecule has 0 saturated heterocycles. The van der Waals surface area contributed by atoms with Gasteiger partial charge >= 0.3 is 5.97 Å². The summed E-state index contributed by atoms with van der Waals surface area (Å²) in [7, 11) is -0.565. The van der Waals surface area contributed by atoms with E-state index < -0.39 is 9.84 Å². The zero-order chi connectivity index (χ0) is 23.0. The van der Waals surface area contributed by atoms with Crippen LogP contribution < -0.4 is 0 Å². The third-order valence-electron chi connectivity index (χ3n) is 4.65. The van der Waals surface area contributed by atoms with Crippen LogP contribution in [-0.4, -0.2) is 45.4 Å². The molecule has 1 heterocycles. The predicted molar refractivity (Wildman–Crippen MR) is 125 cm³/mol. The van der Waals surface area contributed by atoms with E-state index in [-0.39, 0.29) is 28.1 Å². The Bertz CT molecular complexity index is 1060. The number of fused-ring (bicyclic) bond motifs is 1. The molecule has 1 aromatic heterocycles. The zero-order valence-electron chi connectivity index (χ0n) is 18.5. The number of rotatable bonds is 10. The molecule has 2 atom stereocenters. The van der Waals surface area contributed by atoms with Crippen LogP contribution in [0.2, 0.25) is 0 Å². The van der Waals surface area contributed by atoms with Crippen molar-refractivity contribution in [3.63, 3.8) is 0 Å². The average molecular weight is 464 g/mol. The first-order valence-electron chi connectivity index (χ1n) is 9.90. The molecule has 0 aliphatic carbocycles. The number of para-hydroxylation sites is 1. The van der Waals surface area contributed by atoms with Crippen LogP contribution in [0.25, 0.3) is 10.2 Å². The van der Waals surface area contributed by atoms with E-state index in [1.54, 1.807) is 14.0 Å². The molecule has 0 amide bonds. The molecule has 0 radical (unpaired) electrons. The highest BCUT2D eigenvalue weighted by atomic mass is 32.2. The van der Waals surface area contributed by atoms with Gasteiger partial charge in [0.15, 0.2) is 0 Å². The van der Waals surface area contributed by atoms with E-state index in [9.17, 15) is 13.2 Å². The molecule has 2 aromatic rings. The largest absolute Gasteiger partial charge is 0.466 e. The third-order valence-corrected chi connectivity index (χ3v) is 7.89. The van der Waals surface area contributed by atoms with Crippen LogP contribution in [0.15, 0.2) is 64.1 Å². The zero-order valence-corrected chi connectivity index (χ0v) is 20.1. The Morgan fingerprint density at radius 2 is 1.90 bits per heavy atom. The number of thiazole rings is 1. The summed E-state index contributed by atoms with van der Waals surface area (Å²) in [6, 6.07) is 7.38. The van der Waals surface area contributed by atoms with E-state index in [4.69, 9.17) is 9.47 Å². The molecule has 1 aromatic carbocycles. The molecule has 0 bridgehead atoms. The van der Waals surface area contributed by atoms with Crippen molar-refractivity contribution in [3.8, 4) is 0 Å². The average Bonchev–Trinajstić information content (AvgIpc) is 3.20. The van der Waals surface area contributed by atoms with Gasteiger partial charge in [-0.05, 0) is 38.3 Å². The van der Waals surface area contributed by atoms with Crippen molar-refractivity contribution < 1.29 is 22.7 Å². The Hall–Kier alpha value is -2.29. The van der Waals surface area contributed by atoms with Crippen molar-refractivity contribution >= 4 is 37.4 Å². The van der Waals surface area contributed by atoms with Gasteiger partial charge in [0.25, 0.3) is 0 Å². The molecule has 0 spiro atoms. The molecule has 0 saturated carbocycles. The Morgan fingerprint density at radius 3 is 2.55 bits per heavy atom. The maximum Gasteiger partial charge on any atom is 0.333 e. The normalized spacial score (nSPS) is 15.4. The number of carbonyl (C=O) groups excluding carboxylic acids is 1. The number of aromatic nitrogens is 1. The molecule has 0 unspecified atom stereocenters. The van der Waals surface area contributed by atoms with E-state index in [1.807, 2.05) is 62.4 Å². The van der Waals surface area contributed by atoms with Crippen LogP contribution in [0, 0.1) is 5.92 Å². The molecule has 0 aliphatic heterocycles. The van der Waals surface area contributed by atoms with Gasteiger partial charge in [-0.15, -0.1) is 11.3 Å². The number of esters is 1. The number of sulfone groups is 1. The fourth-order valence-corrected chi connectivity index (χ4v) is 5.62. The third kappa shape index (κ3) is 7.41. The monoisotopic (exact) mass is 463 g/mol. The first kappa shape index (κ1) is 25.0. The molecule has 168 valence electrons. The van der Waals surface area contributed by atoms with Gasteiger partial charge in [0, 0.05) is 12.7 Å². The SMILES string of the molecule is COC(=O)/C(C)=C/[C@H](C)/C=C/C(C)=C/[C@H](CCS(=O)(=O)c1nc2ccccc2s1)OC. The van der Waals surface area contributed by atoms with Crippen LogP contribution in [0.3, 0.4) is 0 Å². The molecule has 0 aliphatic rings. The van der Waals surface area contributed by atoms with Crippen molar-refractivity contribution in [2.75, 3.05) is 20.0 Å². The predicted octanol–water partition coefficient (Wildman–Crippen LogP) is 4.73. The Morgan fingerprint density at radius 1 is 1.19 bits per heavy atom. The van der Waals surface area contributed by atoms with Crippen LogP contribution >= 0.6 is 11.3 Å². The molecule has 2 rings (SSSR count). The fourth-order valence-electron chi connectivity index (χ4n) is 2.94. The minimum Gasteiger partial charge on any atom is -0.466 e. The van der Waals surface area contributed by atoms with Gasteiger partial charge < -0.3 is 9.47 Å². The number of methoxy groups -OCH3 is 2. The van der Waals surface area contributed by atoms with Gasteiger partial charge in [-0.25, -0.2) is 18.2 Å². The summed E-state index contributed by atoms with van der Waals surface area (Å²) in [5.74, 6) is -0.347. The van der Waals surface area contributed by atoms with Crippen LogP contribution in [0.4, 0.5) is 0 Å². The molecule has 8 heteroatoms. The lowest BCUT2D eigenvalue weighted by Gasteiger charge is -2.11. The number of ether oxygens (including phenoxy) is 2. The van der Waals surface area contributed by atoms with E-state index in [1.165, 1.54) is 18.4 Å². The van der Waals surface area contributed by atoms with Gasteiger partial charge in [-0.2, -0.15) is 0 Å². The van der Waals surface area contributed by atoms with Crippen LogP contribution in [0.1, 0.15) is 27.2 Å². The quantitative estimate of drug-likeness (QED) is 0.288. The number of hydrogen-bond donors (Lipinski definition) is 0. The summed E-state index contributed by atoms with van der Waals surface area (Å²) in [5, 5.41) is 0. The van der Waals surface area contributed by atoms with E-state index in [0.717, 1.165) is 10.3 Å². The molecule has 0 N–H and O–H groups in total. The highest BCUT2D eigenvalue weighted by Crippen LogP contribution is 2.26. The van der Waals surface area contributed by atoms with Gasteiger partial charge in [0.1, 0.15) is 0 Å². The van der Waals surface area contributed by atoms with Crippen molar-refractivity contribution in [3.05, 3.63) is 59.7 Å². The fraction of sp³-hybridized carbons (Fsp3) is 0.391. The van der Waals surface area contributed by atoms with Crippen molar-refractivity contribution in [2.45, 2.75) is 37.6 Å². The number of nitrogens with zero attached hydrogens (tertiary/aromatic N) is 1. The van der Waals surface area contributed by atoms with Gasteiger partial charge in [-0.1, -0.05) is 48.9 Å². The second-order valence-corrected chi connectivity index (χ2v) is 10.6. The Labute approximate surface area is 188 Å². The van der Waals surface area contributed by atoms with Crippen molar-refractivity contribution in [1.29, 1.82) is 0 Å². The number of allylic oxidation sites excluding steroid dienone is 4. The number of carbonyl (C=O) groups is 1. The first-order valence-corrected chi connectivity index (χ1v) is 12.4.